The zero-order valence-electron chi connectivity index (χ0n) is 15.8. The second-order valence-corrected chi connectivity index (χ2v) is 6.52. The SMILES string of the molecule is COCC(=O)[C@@H](C)NC(=O)[C@H](CC(C)C)NC(=O)OCc1ccccc1. The van der Waals surface area contributed by atoms with E-state index in [4.69, 9.17) is 9.47 Å². The van der Waals surface area contributed by atoms with Crippen molar-refractivity contribution < 1.29 is 23.9 Å². The van der Waals surface area contributed by atoms with Crippen LogP contribution in [-0.2, 0) is 25.7 Å². The molecule has 0 aliphatic carbocycles. The lowest BCUT2D eigenvalue weighted by Crippen LogP contribution is -2.51. The van der Waals surface area contributed by atoms with Crippen LogP contribution in [0.25, 0.3) is 0 Å². The molecule has 0 unspecified atom stereocenters. The first-order chi connectivity index (χ1) is 12.3. The number of rotatable bonds is 10. The molecule has 7 heteroatoms. The molecule has 1 rings (SSSR count). The van der Waals surface area contributed by atoms with Crippen LogP contribution in [0.3, 0.4) is 0 Å². The first kappa shape index (κ1) is 21.6. The van der Waals surface area contributed by atoms with Crippen LogP contribution in [0.1, 0.15) is 32.8 Å². The summed E-state index contributed by atoms with van der Waals surface area (Å²) in [4.78, 5) is 36.2. The maximum absolute atomic E-state index is 12.4. The second-order valence-electron chi connectivity index (χ2n) is 6.52. The molecule has 0 aromatic heterocycles. The van der Waals surface area contributed by atoms with Gasteiger partial charge in [0.2, 0.25) is 5.91 Å². The first-order valence-corrected chi connectivity index (χ1v) is 8.62. The van der Waals surface area contributed by atoms with Crippen LogP contribution in [0.4, 0.5) is 4.79 Å². The summed E-state index contributed by atoms with van der Waals surface area (Å²) >= 11 is 0. The Bertz CT molecular complexity index is 589. The second kappa shape index (κ2) is 11.3. The number of hydrogen-bond donors (Lipinski definition) is 2. The summed E-state index contributed by atoms with van der Waals surface area (Å²) in [7, 11) is 1.41. The van der Waals surface area contributed by atoms with Gasteiger partial charge in [0.15, 0.2) is 5.78 Å². The highest BCUT2D eigenvalue weighted by molar-refractivity contribution is 5.92. The van der Waals surface area contributed by atoms with Gasteiger partial charge >= 0.3 is 6.09 Å². The third-order valence-corrected chi connectivity index (χ3v) is 3.66. The van der Waals surface area contributed by atoms with E-state index >= 15 is 0 Å². The number of carbonyl (C=O) groups excluding carboxylic acids is 3. The minimum Gasteiger partial charge on any atom is -0.445 e. The van der Waals surface area contributed by atoms with Crippen molar-refractivity contribution in [2.45, 2.75) is 45.9 Å². The van der Waals surface area contributed by atoms with Crippen molar-refractivity contribution in [3.8, 4) is 0 Å². The Morgan fingerprint density at radius 2 is 1.69 bits per heavy atom. The monoisotopic (exact) mass is 364 g/mol. The molecule has 144 valence electrons. The Morgan fingerprint density at radius 3 is 2.27 bits per heavy atom. The third-order valence-electron chi connectivity index (χ3n) is 3.66. The van der Waals surface area contributed by atoms with Gasteiger partial charge in [-0.3, -0.25) is 9.59 Å². The number of ether oxygens (including phenoxy) is 2. The molecule has 2 atom stereocenters. The van der Waals surface area contributed by atoms with E-state index in [0.717, 1.165) is 5.56 Å². The highest BCUT2D eigenvalue weighted by atomic mass is 16.5. The Kier molecular flexibility index (Phi) is 9.36. The Balaban J connectivity index is 2.60. The summed E-state index contributed by atoms with van der Waals surface area (Å²) in [6.07, 6.45) is -0.247. The predicted molar refractivity (Wildman–Crippen MR) is 97.5 cm³/mol. The van der Waals surface area contributed by atoms with Crippen molar-refractivity contribution in [2.75, 3.05) is 13.7 Å². The third kappa shape index (κ3) is 8.11. The number of alkyl carbamates (subject to hydrolysis) is 1. The summed E-state index contributed by atoms with van der Waals surface area (Å²) in [6, 6.07) is 7.78. The smallest absolute Gasteiger partial charge is 0.408 e. The summed E-state index contributed by atoms with van der Waals surface area (Å²) in [5.74, 6) is -0.492. The van der Waals surface area contributed by atoms with Gasteiger partial charge in [0.05, 0.1) is 6.04 Å². The molecule has 2 N–H and O–H groups in total. The summed E-state index contributed by atoms with van der Waals surface area (Å²) in [5, 5.41) is 5.19. The molecule has 0 fully saturated rings. The van der Waals surface area contributed by atoms with Crippen LogP contribution in [0.15, 0.2) is 30.3 Å². The Hall–Kier alpha value is -2.41. The quantitative estimate of drug-likeness (QED) is 0.663. The molecule has 1 aromatic rings. The fraction of sp³-hybridized carbons (Fsp3) is 0.526. The molecule has 0 spiro atoms. The Labute approximate surface area is 154 Å². The maximum atomic E-state index is 12.4. The number of ketones is 1. The van der Waals surface area contributed by atoms with Crippen LogP contribution in [0, 0.1) is 5.92 Å². The number of hydrogen-bond acceptors (Lipinski definition) is 5. The van der Waals surface area contributed by atoms with Crippen molar-refractivity contribution >= 4 is 17.8 Å². The van der Waals surface area contributed by atoms with Crippen molar-refractivity contribution in [3.05, 3.63) is 35.9 Å². The average Bonchev–Trinajstić information content (AvgIpc) is 2.60. The van der Waals surface area contributed by atoms with Gasteiger partial charge in [-0.2, -0.15) is 0 Å². The van der Waals surface area contributed by atoms with E-state index in [2.05, 4.69) is 10.6 Å². The lowest BCUT2D eigenvalue weighted by molar-refractivity contribution is -0.130. The first-order valence-electron chi connectivity index (χ1n) is 8.62. The van der Waals surface area contributed by atoms with Gasteiger partial charge in [-0.05, 0) is 24.8 Å². The zero-order valence-corrected chi connectivity index (χ0v) is 15.8. The number of Topliss-reactive ketones (excluding diaryl/α,β-unsaturated/α-hetero) is 1. The Morgan fingerprint density at radius 1 is 1.04 bits per heavy atom. The van der Waals surface area contributed by atoms with Gasteiger partial charge in [-0.1, -0.05) is 44.2 Å². The number of amides is 2. The van der Waals surface area contributed by atoms with E-state index < -0.39 is 24.1 Å². The molecule has 0 saturated heterocycles. The highest BCUT2D eigenvalue weighted by Gasteiger charge is 2.25. The molecule has 7 nitrogen and oxygen atoms in total. The van der Waals surface area contributed by atoms with E-state index in [-0.39, 0.29) is 24.9 Å². The maximum Gasteiger partial charge on any atom is 0.408 e. The van der Waals surface area contributed by atoms with Gasteiger partial charge < -0.3 is 20.1 Å². The van der Waals surface area contributed by atoms with E-state index in [9.17, 15) is 14.4 Å². The van der Waals surface area contributed by atoms with Crippen molar-refractivity contribution in [2.24, 2.45) is 5.92 Å². The topological polar surface area (TPSA) is 93.7 Å². The van der Waals surface area contributed by atoms with E-state index in [1.807, 2.05) is 44.2 Å². The number of nitrogens with one attached hydrogen (secondary N) is 2. The molecular formula is C19H28N2O5. The molecule has 0 aliphatic rings. The predicted octanol–water partition coefficient (Wildman–Crippen LogP) is 2.05. The molecule has 1 aromatic carbocycles. The van der Waals surface area contributed by atoms with Gasteiger partial charge in [0.1, 0.15) is 19.3 Å². The summed E-state index contributed by atoms with van der Waals surface area (Å²) in [5.41, 5.74) is 0.853. The van der Waals surface area contributed by atoms with Crippen LogP contribution >= 0.6 is 0 Å². The molecule has 0 bridgehead atoms. The normalized spacial score (nSPS) is 13.0. The largest absolute Gasteiger partial charge is 0.445 e. The lowest BCUT2D eigenvalue weighted by atomic mass is 10.0. The number of benzene rings is 1. The summed E-state index contributed by atoms with van der Waals surface area (Å²) < 4.78 is 9.94. The molecule has 0 aliphatic heterocycles. The molecule has 0 saturated carbocycles. The van der Waals surface area contributed by atoms with Crippen molar-refractivity contribution in [1.29, 1.82) is 0 Å². The van der Waals surface area contributed by atoms with E-state index in [1.54, 1.807) is 6.92 Å². The van der Waals surface area contributed by atoms with Gasteiger partial charge in [0.25, 0.3) is 0 Å². The van der Waals surface area contributed by atoms with Gasteiger partial charge in [-0.25, -0.2) is 4.79 Å². The summed E-state index contributed by atoms with van der Waals surface area (Å²) in [6.45, 7) is 5.50. The fourth-order valence-corrected chi connectivity index (χ4v) is 2.27. The minimum absolute atomic E-state index is 0.0805. The van der Waals surface area contributed by atoms with Crippen LogP contribution in [-0.4, -0.2) is 43.6 Å². The lowest BCUT2D eigenvalue weighted by Gasteiger charge is -2.22. The highest BCUT2D eigenvalue weighted by Crippen LogP contribution is 2.07. The zero-order chi connectivity index (χ0) is 19.5. The minimum atomic E-state index is -0.781. The standard InChI is InChI=1S/C19H28N2O5/c1-13(2)10-16(18(23)20-14(3)17(22)12-25-4)21-19(24)26-11-15-8-6-5-7-9-15/h5-9,13-14,16H,10-12H2,1-4H3,(H,20,23)(H,21,24)/t14-,16+/m1/s1. The van der Waals surface area contributed by atoms with E-state index in [0.29, 0.717) is 6.42 Å². The van der Waals surface area contributed by atoms with Gasteiger partial charge in [-0.15, -0.1) is 0 Å². The number of methoxy groups -OCH3 is 1. The fourth-order valence-electron chi connectivity index (χ4n) is 2.27. The average molecular weight is 364 g/mol. The molecule has 0 radical (unpaired) electrons. The van der Waals surface area contributed by atoms with Crippen LogP contribution in [0.5, 0.6) is 0 Å². The van der Waals surface area contributed by atoms with Crippen molar-refractivity contribution in [1.82, 2.24) is 10.6 Å². The number of carbonyl (C=O) groups is 3. The van der Waals surface area contributed by atoms with E-state index in [1.165, 1.54) is 7.11 Å². The van der Waals surface area contributed by atoms with Crippen LogP contribution in [0.2, 0.25) is 0 Å². The van der Waals surface area contributed by atoms with Crippen LogP contribution < -0.4 is 10.6 Å². The van der Waals surface area contributed by atoms with Gasteiger partial charge in [0, 0.05) is 7.11 Å². The van der Waals surface area contributed by atoms with Crippen molar-refractivity contribution in [3.63, 3.8) is 0 Å². The molecular weight excluding hydrogens is 336 g/mol. The molecule has 26 heavy (non-hydrogen) atoms. The molecule has 0 heterocycles. The molecule has 2 amide bonds.